The van der Waals surface area contributed by atoms with E-state index in [0.717, 1.165) is 94.3 Å². The Labute approximate surface area is 777 Å². The molecule has 0 aromatic carbocycles. The maximum absolute atomic E-state index is 12.6. The lowest BCUT2D eigenvalue weighted by molar-refractivity contribution is -0.225. The van der Waals surface area contributed by atoms with Gasteiger partial charge >= 0.3 is 77.6 Å². The molecule has 28 heteroatoms. The van der Waals surface area contributed by atoms with Gasteiger partial charge in [0.1, 0.15) is 35.1 Å². The summed E-state index contributed by atoms with van der Waals surface area (Å²) in [6.07, 6.45) is 25.3. The van der Waals surface area contributed by atoms with Crippen molar-refractivity contribution >= 4 is 77.6 Å². The monoisotopic (exact) mass is 1850 g/mol. The number of carbonyl (C=O) groups excluding carboxylic acids is 13. The van der Waals surface area contributed by atoms with Crippen LogP contribution in [0.5, 0.6) is 0 Å². The second kappa shape index (κ2) is 40.8. The molecule has 14 atom stereocenters. The van der Waals surface area contributed by atoms with Crippen molar-refractivity contribution in [2.75, 3.05) is 26.4 Å². The van der Waals surface area contributed by atoms with Crippen LogP contribution in [0.4, 0.5) is 0 Å². The number of hydrogen-bond acceptors (Lipinski definition) is 28. The first kappa shape index (κ1) is 105. The van der Waals surface area contributed by atoms with Gasteiger partial charge in [-0.1, -0.05) is 62.3 Å². The zero-order valence-corrected chi connectivity index (χ0v) is 83.2. The Hall–Kier alpha value is -6.97. The standard InChI is InChI=1S/C20H32O4.C18H30O2.C16H26O3.C15H20O7.C14H20O4.2C10H16O4/c1-5-19(3,4)18(22)23-12-17(21)24-20(6-2)15-8-13-7-14(10-15)11-16(20)9-13;1-5-17(3,4)16(19)20-18(6-2)14-8-12-7-13(10-14)11-15(18)9-12;1-4-14(2,3)13(17)19-16-8-11-5-12(9-16)7-15(18,6-11)10-16;1-4-15(2,3)14(18)19-6-9(16)21-11-8-5-7-10(20-8)12(11)22-13(7)17;1-4-14(2,3)13(16)18-10-7-5-8-9(6-7)12(15)17-11(8)10;2*1-4-10(2,3)9(12)14-7-5-6-13-8(7)11/h13-16H,5-12H2,1-4H3;12-15H,5-11H2,1-4H3;11-12,18H,4-10H2,1-3H3;7-8,10-12H,4-6H2,1-3H3;7-11H,4-6H2,1-3H3;2*7H,4-6H2,1-3H3. The maximum atomic E-state index is 12.6. The van der Waals surface area contributed by atoms with Crippen molar-refractivity contribution < 1.29 is 134 Å². The summed E-state index contributed by atoms with van der Waals surface area (Å²) in [5.41, 5.74) is -4.79. The van der Waals surface area contributed by atoms with Crippen LogP contribution in [0.15, 0.2) is 0 Å². The molecule has 20 fully saturated rings. The Balaban J connectivity index is 0.000000149. The zero-order chi connectivity index (χ0) is 96.6. The van der Waals surface area contributed by atoms with Gasteiger partial charge in [-0.05, 0) is 329 Å². The lowest BCUT2D eigenvalue weighted by Gasteiger charge is -2.60. The van der Waals surface area contributed by atoms with E-state index < -0.39 is 93.0 Å². The molecule has 14 unspecified atom stereocenters. The first-order chi connectivity index (χ1) is 61.2. The van der Waals surface area contributed by atoms with Crippen LogP contribution in [0.3, 0.4) is 0 Å². The summed E-state index contributed by atoms with van der Waals surface area (Å²) in [6.45, 7) is 44.2. The van der Waals surface area contributed by atoms with Crippen LogP contribution < -0.4 is 0 Å². The van der Waals surface area contributed by atoms with E-state index in [9.17, 15) is 67.4 Å². The first-order valence-electron chi connectivity index (χ1n) is 50.2. The Kier molecular flexibility index (Phi) is 32.5. The second-order valence-electron chi connectivity index (χ2n) is 46.5. The summed E-state index contributed by atoms with van der Waals surface area (Å²) in [4.78, 5) is 154. The number of esters is 13. The minimum absolute atomic E-state index is 0.0364. The number of hydrogen-bond donors (Lipinski definition) is 1. The fourth-order valence-corrected chi connectivity index (χ4v) is 24.0. The van der Waals surface area contributed by atoms with Crippen LogP contribution >= 0.6 is 0 Å². The lowest BCUT2D eigenvalue weighted by Crippen LogP contribution is -2.61. The summed E-state index contributed by atoms with van der Waals surface area (Å²) in [5, 5.41) is 10.6. The van der Waals surface area contributed by atoms with Gasteiger partial charge in [-0.2, -0.15) is 0 Å². The number of rotatable bonds is 27. The van der Waals surface area contributed by atoms with Gasteiger partial charge in [-0.15, -0.1) is 0 Å². The number of carbonyl (C=O) groups is 13. The fourth-order valence-electron chi connectivity index (χ4n) is 24.0. The quantitative estimate of drug-likeness (QED) is 0.0589. The number of ether oxygens (including phenoxy) is 14. The van der Waals surface area contributed by atoms with E-state index in [1.165, 1.54) is 70.6 Å². The third-order valence-corrected chi connectivity index (χ3v) is 34.7. The smallest absolute Gasteiger partial charge is 0.347 e. The maximum Gasteiger partial charge on any atom is 0.347 e. The van der Waals surface area contributed by atoms with Crippen molar-refractivity contribution in [2.45, 2.75) is 423 Å². The van der Waals surface area contributed by atoms with Gasteiger partial charge in [-0.25, -0.2) is 19.2 Å². The Morgan fingerprint density at radius 1 is 0.359 bits per heavy atom. The summed E-state index contributed by atoms with van der Waals surface area (Å²) in [6, 6.07) is 0. The van der Waals surface area contributed by atoms with Crippen LogP contribution in [-0.2, 0) is 129 Å². The first-order valence-corrected chi connectivity index (χ1v) is 50.2. The molecule has 16 bridgehead atoms. The van der Waals surface area contributed by atoms with Crippen molar-refractivity contribution in [2.24, 2.45) is 121 Å². The molecule has 20 aliphatic rings. The largest absolute Gasteiger partial charge is 0.463 e. The van der Waals surface area contributed by atoms with Crippen molar-refractivity contribution in [1.29, 1.82) is 0 Å². The molecule has 6 aliphatic heterocycles. The predicted molar refractivity (Wildman–Crippen MR) is 478 cm³/mol. The van der Waals surface area contributed by atoms with Crippen molar-refractivity contribution in [3.05, 3.63) is 0 Å². The number of fused-ring (bicyclic) bond motifs is 2. The normalized spacial score (nSPS) is 36.1. The summed E-state index contributed by atoms with van der Waals surface area (Å²) < 4.78 is 75.2. The van der Waals surface area contributed by atoms with Gasteiger partial charge in [0.2, 0.25) is 12.2 Å². The summed E-state index contributed by atoms with van der Waals surface area (Å²) in [7, 11) is 0. The molecule has 0 aromatic heterocycles. The molecule has 740 valence electrons. The molecule has 0 spiro atoms. The zero-order valence-electron chi connectivity index (χ0n) is 83.2. The minimum atomic E-state index is -0.687. The topological polar surface area (TPSA) is 371 Å². The Bertz CT molecular complexity index is 4020. The molecule has 14 aliphatic carbocycles. The third-order valence-electron chi connectivity index (χ3n) is 34.7. The van der Waals surface area contributed by atoms with E-state index in [0.29, 0.717) is 112 Å². The van der Waals surface area contributed by atoms with E-state index in [4.69, 9.17) is 66.3 Å². The molecule has 28 nitrogen and oxygen atoms in total. The van der Waals surface area contributed by atoms with Gasteiger partial charge in [0.05, 0.1) is 74.7 Å². The van der Waals surface area contributed by atoms with E-state index in [2.05, 4.69) is 20.8 Å². The highest BCUT2D eigenvalue weighted by Crippen LogP contribution is 2.64. The Morgan fingerprint density at radius 3 is 1.12 bits per heavy atom. The highest BCUT2D eigenvalue weighted by molar-refractivity contribution is 5.85. The molecule has 6 saturated heterocycles. The van der Waals surface area contributed by atoms with E-state index in [1.54, 1.807) is 41.5 Å². The SMILES string of the molecule is CCC(C)(C)C(=O)OC1(CC)C2CC3CC(C2)CC1C3.CCC(C)(C)C(=O)OC12CC3CC(CC(O)(C3)C1)C2.CCC(C)(C)C(=O)OC1C2CC3C(=O)OC1C3C2.CCC(C)(C)C(=O)OC1CCOC1=O.CCC(C)(C)C(=O)OC1CCOC1=O.CCC(C)(C)C(=O)OCC(=O)OC1(CC)C2CC3CC(C2)CC1C3.CCC(C)(C)C(=O)OCC(=O)OC1C2CC3C(=O)OC1C3O2. The average Bonchev–Trinajstić information content (AvgIpc) is 1.71. The van der Waals surface area contributed by atoms with E-state index in [-0.39, 0.29) is 119 Å². The minimum Gasteiger partial charge on any atom is -0.463 e. The molecule has 1 N–H and O–H groups in total. The van der Waals surface area contributed by atoms with Gasteiger partial charge in [-0.3, -0.25) is 43.2 Å². The Morgan fingerprint density at radius 2 is 0.725 bits per heavy atom. The molecule has 6 heterocycles. The molecule has 131 heavy (non-hydrogen) atoms. The fraction of sp³-hybridized carbons (Fsp3) is 0.874. The molecule has 14 saturated carbocycles. The van der Waals surface area contributed by atoms with Crippen LogP contribution in [0.1, 0.15) is 352 Å². The van der Waals surface area contributed by atoms with Crippen LogP contribution in [-0.4, -0.2) is 180 Å². The van der Waals surface area contributed by atoms with E-state index >= 15 is 0 Å². The molecule has 0 aromatic rings. The molecule has 0 amide bonds. The van der Waals surface area contributed by atoms with Gasteiger partial charge in [0.15, 0.2) is 25.4 Å². The van der Waals surface area contributed by atoms with Gasteiger partial charge < -0.3 is 71.4 Å². The number of cyclic esters (lactones) is 2. The van der Waals surface area contributed by atoms with Crippen LogP contribution in [0, 0.1) is 121 Å². The third kappa shape index (κ3) is 22.8. The lowest BCUT2D eigenvalue weighted by atomic mass is 9.49. The highest BCUT2D eigenvalue weighted by Gasteiger charge is 2.68. The van der Waals surface area contributed by atoms with E-state index in [1.807, 2.05) is 96.9 Å². The molecule has 20 rings (SSSR count). The average molecular weight is 1850 g/mol. The molecular weight excluding hydrogens is 1690 g/mol. The predicted octanol–water partition coefficient (Wildman–Crippen LogP) is 16.8. The second-order valence-corrected chi connectivity index (χ2v) is 46.5. The van der Waals surface area contributed by atoms with Crippen molar-refractivity contribution in [3.8, 4) is 0 Å². The van der Waals surface area contributed by atoms with Crippen LogP contribution in [0.2, 0.25) is 0 Å². The molecule has 0 radical (unpaired) electrons. The molecular formula is C103H160O28. The highest BCUT2D eigenvalue weighted by atomic mass is 16.7. The van der Waals surface area contributed by atoms with Gasteiger partial charge in [0.25, 0.3) is 0 Å². The van der Waals surface area contributed by atoms with Crippen molar-refractivity contribution in [1.82, 2.24) is 0 Å². The van der Waals surface area contributed by atoms with Crippen LogP contribution in [0.25, 0.3) is 0 Å². The van der Waals surface area contributed by atoms with Gasteiger partial charge in [0, 0.05) is 31.1 Å². The number of aliphatic hydroxyl groups is 1. The summed E-state index contributed by atoms with van der Waals surface area (Å²) >= 11 is 0. The van der Waals surface area contributed by atoms with Crippen molar-refractivity contribution in [3.63, 3.8) is 0 Å². The summed E-state index contributed by atoms with van der Waals surface area (Å²) in [5.74, 6) is 3.54.